The molecule has 3 aromatic rings. The zero-order valence-corrected chi connectivity index (χ0v) is 16.0. The summed E-state index contributed by atoms with van der Waals surface area (Å²) >= 11 is 0. The van der Waals surface area contributed by atoms with E-state index in [2.05, 4.69) is 25.5 Å². The van der Waals surface area contributed by atoms with Crippen molar-refractivity contribution >= 4 is 23.1 Å². The lowest BCUT2D eigenvalue weighted by Gasteiger charge is -2.15. The van der Waals surface area contributed by atoms with E-state index in [0.717, 1.165) is 6.20 Å². The number of nitro groups is 1. The summed E-state index contributed by atoms with van der Waals surface area (Å²) in [7, 11) is 0. The number of anilines is 3. The number of ether oxygens (including phenoxy) is 1. The van der Waals surface area contributed by atoms with Crippen LogP contribution < -0.4 is 15.8 Å². The molecule has 0 amide bonds. The quantitative estimate of drug-likeness (QED) is 0.403. The second-order valence-corrected chi connectivity index (χ2v) is 6.63. The van der Waals surface area contributed by atoms with Gasteiger partial charge < -0.3 is 15.8 Å². The minimum atomic E-state index is -0.550. The number of nitrogens with one attached hydrogen (secondary N) is 2. The fourth-order valence-electron chi connectivity index (χ4n) is 2.79. The van der Waals surface area contributed by atoms with Gasteiger partial charge in [0.05, 0.1) is 17.2 Å². The third-order valence-electron chi connectivity index (χ3n) is 4.05. The van der Waals surface area contributed by atoms with Gasteiger partial charge in [-0.05, 0) is 32.0 Å². The first-order valence-corrected chi connectivity index (χ1v) is 8.80. The fourth-order valence-corrected chi connectivity index (χ4v) is 2.79. The van der Waals surface area contributed by atoms with E-state index >= 15 is 0 Å². The van der Waals surface area contributed by atoms with Crippen LogP contribution in [0.25, 0.3) is 0 Å². The van der Waals surface area contributed by atoms with Gasteiger partial charge in [-0.1, -0.05) is 6.92 Å². The first-order valence-electron chi connectivity index (χ1n) is 8.80. The standard InChI is InChI=1S/C18H20FN7O3/c1-9(2)29-16-7-15(24-25-16)23-18-17(26(27)28)12(6-14(20)22-18)10(3)13-5-4-11(19)8-21-13/h4-10H,1-3H3,(H4,20,22,23,24,25)/t10-/m0/s1. The van der Waals surface area contributed by atoms with Gasteiger partial charge in [0.2, 0.25) is 11.7 Å². The average Bonchev–Trinajstić information content (AvgIpc) is 3.07. The minimum Gasteiger partial charge on any atom is -0.474 e. The summed E-state index contributed by atoms with van der Waals surface area (Å²) in [4.78, 5) is 19.4. The Morgan fingerprint density at radius 1 is 1.31 bits per heavy atom. The third kappa shape index (κ3) is 4.57. The first kappa shape index (κ1) is 20.0. The van der Waals surface area contributed by atoms with Crippen molar-refractivity contribution in [1.29, 1.82) is 0 Å². The van der Waals surface area contributed by atoms with Crippen LogP contribution in [-0.4, -0.2) is 31.2 Å². The summed E-state index contributed by atoms with van der Waals surface area (Å²) in [6.07, 6.45) is 0.976. The number of aromatic amines is 1. The number of nitrogens with two attached hydrogens (primary N) is 1. The zero-order valence-electron chi connectivity index (χ0n) is 16.0. The first-order chi connectivity index (χ1) is 13.7. The molecule has 3 aromatic heterocycles. The van der Waals surface area contributed by atoms with Gasteiger partial charge in [-0.25, -0.2) is 9.37 Å². The van der Waals surface area contributed by atoms with Crippen LogP contribution in [0, 0.1) is 15.9 Å². The molecule has 0 saturated heterocycles. The van der Waals surface area contributed by atoms with Crippen molar-refractivity contribution in [3.8, 4) is 5.88 Å². The topological polar surface area (TPSA) is 145 Å². The summed E-state index contributed by atoms with van der Waals surface area (Å²) < 4.78 is 18.6. The Morgan fingerprint density at radius 2 is 2.07 bits per heavy atom. The van der Waals surface area contributed by atoms with Crippen molar-refractivity contribution in [3.63, 3.8) is 0 Å². The van der Waals surface area contributed by atoms with Gasteiger partial charge in [-0.2, -0.15) is 0 Å². The normalized spacial score (nSPS) is 12.0. The van der Waals surface area contributed by atoms with Gasteiger partial charge in [0.1, 0.15) is 17.5 Å². The molecule has 0 bridgehead atoms. The molecule has 0 unspecified atom stereocenters. The van der Waals surface area contributed by atoms with E-state index in [1.807, 2.05) is 13.8 Å². The molecule has 11 heteroatoms. The number of rotatable bonds is 7. The Bertz CT molecular complexity index is 1020. The van der Waals surface area contributed by atoms with Crippen molar-refractivity contribution in [2.75, 3.05) is 11.1 Å². The molecule has 10 nitrogen and oxygen atoms in total. The van der Waals surface area contributed by atoms with Crippen molar-refractivity contribution < 1.29 is 14.1 Å². The molecule has 0 aromatic carbocycles. The number of H-pyrrole nitrogens is 1. The van der Waals surface area contributed by atoms with Crippen molar-refractivity contribution in [2.24, 2.45) is 0 Å². The van der Waals surface area contributed by atoms with Crippen LogP contribution in [-0.2, 0) is 0 Å². The largest absolute Gasteiger partial charge is 0.474 e. The fraction of sp³-hybridized carbons (Fsp3) is 0.278. The molecular weight excluding hydrogens is 381 g/mol. The maximum absolute atomic E-state index is 13.2. The Balaban J connectivity index is 2.00. The Labute approximate surface area is 165 Å². The number of nitrogens with zero attached hydrogens (tertiary/aromatic N) is 4. The summed E-state index contributed by atoms with van der Waals surface area (Å²) in [5.41, 5.74) is 6.38. The number of hydrogen-bond donors (Lipinski definition) is 3. The van der Waals surface area contributed by atoms with Crippen LogP contribution in [0.3, 0.4) is 0 Å². The highest BCUT2D eigenvalue weighted by atomic mass is 19.1. The van der Waals surface area contributed by atoms with E-state index in [4.69, 9.17) is 10.5 Å². The maximum atomic E-state index is 13.2. The number of halogens is 1. The van der Waals surface area contributed by atoms with Gasteiger partial charge in [-0.3, -0.25) is 20.2 Å². The second-order valence-electron chi connectivity index (χ2n) is 6.63. The van der Waals surface area contributed by atoms with Crippen LogP contribution in [0.15, 0.2) is 30.5 Å². The number of hydrogen-bond acceptors (Lipinski definition) is 8. The highest BCUT2D eigenvalue weighted by molar-refractivity contribution is 5.70. The molecule has 0 saturated carbocycles. The maximum Gasteiger partial charge on any atom is 0.315 e. The SMILES string of the molecule is CC(C)Oc1cc(Nc2nc(N)cc([C@H](C)c3ccc(F)cn3)c2[N+](=O)[O-])[nH]n1. The highest BCUT2D eigenvalue weighted by Gasteiger charge is 2.28. The molecular formula is C18H20FN7O3. The number of nitrogen functional groups attached to an aromatic ring is 1. The molecule has 0 spiro atoms. The predicted octanol–water partition coefficient (Wildman–Crippen LogP) is 3.51. The summed E-state index contributed by atoms with van der Waals surface area (Å²) in [5.74, 6) is -0.313. The molecule has 4 N–H and O–H groups in total. The Hall–Kier alpha value is -3.76. The van der Waals surface area contributed by atoms with Gasteiger partial charge >= 0.3 is 5.69 Å². The predicted molar refractivity (Wildman–Crippen MR) is 105 cm³/mol. The van der Waals surface area contributed by atoms with Crippen molar-refractivity contribution in [3.05, 3.63) is 57.7 Å². The third-order valence-corrected chi connectivity index (χ3v) is 4.05. The average molecular weight is 401 g/mol. The molecule has 0 aliphatic rings. The molecule has 3 heterocycles. The molecule has 0 radical (unpaired) electrons. The number of pyridine rings is 2. The molecule has 29 heavy (non-hydrogen) atoms. The molecule has 3 rings (SSSR count). The van der Waals surface area contributed by atoms with Gasteiger partial charge in [0.15, 0.2) is 0 Å². The monoisotopic (exact) mass is 401 g/mol. The lowest BCUT2D eigenvalue weighted by molar-refractivity contribution is -0.384. The molecule has 1 atom stereocenters. The van der Waals surface area contributed by atoms with E-state index in [1.54, 1.807) is 13.0 Å². The molecule has 0 aliphatic heterocycles. The lowest BCUT2D eigenvalue weighted by atomic mass is 9.96. The Kier molecular flexibility index (Phi) is 5.57. The summed E-state index contributed by atoms with van der Waals surface area (Å²) in [5, 5.41) is 21.3. The lowest BCUT2D eigenvalue weighted by Crippen LogP contribution is -2.09. The van der Waals surface area contributed by atoms with E-state index in [-0.39, 0.29) is 23.4 Å². The molecule has 0 fully saturated rings. The van der Waals surface area contributed by atoms with E-state index in [1.165, 1.54) is 18.2 Å². The van der Waals surface area contributed by atoms with Crippen LogP contribution >= 0.6 is 0 Å². The van der Waals surface area contributed by atoms with E-state index in [0.29, 0.717) is 23.0 Å². The smallest absolute Gasteiger partial charge is 0.315 e. The van der Waals surface area contributed by atoms with Crippen LogP contribution in [0.5, 0.6) is 5.88 Å². The molecule has 0 aliphatic carbocycles. The second kappa shape index (κ2) is 8.09. The summed E-state index contributed by atoms with van der Waals surface area (Å²) in [6.45, 7) is 5.42. The number of aromatic nitrogens is 4. The van der Waals surface area contributed by atoms with E-state index < -0.39 is 16.7 Å². The Morgan fingerprint density at radius 3 is 2.69 bits per heavy atom. The van der Waals surface area contributed by atoms with Crippen molar-refractivity contribution in [1.82, 2.24) is 20.2 Å². The van der Waals surface area contributed by atoms with Gasteiger partial charge in [-0.15, -0.1) is 5.10 Å². The van der Waals surface area contributed by atoms with Crippen molar-refractivity contribution in [2.45, 2.75) is 32.8 Å². The van der Waals surface area contributed by atoms with Crippen LogP contribution in [0.2, 0.25) is 0 Å². The highest BCUT2D eigenvalue weighted by Crippen LogP contribution is 2.37. The molecule has 152 valence electrons. The van der Waals surface area contributed by atoms with Crippen LogP contribution in [0.4, 0.5) is 27.5 Å². The summed E-state index contributed by atoms with van der Waals surface area (Å²) in [6, 6.07) is 5.69. The zero-order chi connectivity index (χ0) is 21.1. The van der Waals surface area contributed by atoms with Gasteiger partial charge in [0, 0.05) is 23.2 Å². The van der Waals surface area contributed by atoms with Gasteiger partial charge in [0.25, 0.3) is 0 Å². The van der Waals surface area contributed by atoms with E-state index in [9.17, 15) is 14.5 Å². The van der Waals surface area contributed by atoms with Crippen LogP contribution in [0.1, 0.15) is 37.9 Å². The minimum absolute atomic E-state index is 0.0568.